The van der Waals surface area contributed by atoms with E-state index in [4.69, 9.17) is 0 Å². The van der Waals surface area contributed by atoms with Gasteiger partial charge in [0.2, 0.25) is 0 Å². The number of phenolic OH excluding ortho intramolecular Hbond substituents is 1. The monoisotopic (exact) mass is 234 g/mol. The molecule has 1 aromatic rings. The normalized spacial score (nSPS) is 12.8. The Morgan fingerprint density at radius 2 is 2.24 bits per heavy atom. The molecule has 1 unspecified atom stereocenters. The zero-order chi connectivity index (χ0) is 12.7. The molecule has 2 N–H and O–H groups in total. The van der Waals surface area contributed by atoms with Crippen LogP contribution in [0.5, 0.6) is 5.75 Å². The van der Waals surface area contributed by atoms with Crippen LogP contribution >= 0.6 is 0 Å². The first-order chi connectivity index (χ1) is 8.11. The summed E-state index contributed by atoms with van der Waals surface area (Å²) in [4.78, 5) is 11.5. The van der Waals surface area contributed by atoms with E-state index in [1.54, 1.807) is 30.3 Å². The van der Waals surface area contributed by atoms with Crippen molar-refractivity contribution in [1.29, 1.82) is 0 Å². The Hall–Kier alpha value is -1.61. The average Bonchev–Trinajstić information content (AvgIpc) is 2.27. The van der Waals surface area contributed by atoms with E-state index >= 15 is 0 Å². The van der Waals surface area contributed by atoms with Crippen molar-refractivity contribution in [3.8, 4) is 5.75 Å². The smallest absolute Gasteiger partial charge is 0.158 e. The lowest BCUT2D eigenvalue weighted by atomic mass is 10.1. The molecule has 0 amide bonds. The number of aliphatic hydroxyl groups excluding tert-OH is 1. The van der Waals surface area contributed by atoms with Crippen molar-refractivity contribution < 1.29 is 15.0 Å². The van der Waals surface area contributed by atoms with E-state index in [0.717, 1.165) is 12.0 Å². The van der Waals surface area contributed by atoms with Gasteiger partial charge in [-0.1, -0.05) is 31.6 Å². The Morgan fingerprint density at radius 1 is 1.47 bits per heavy atom. The van der Waals surface area contributed by atoms with Gasteiger partial charge in [-0.15, -0.1) is 0 Å². The molecule has 3 nitrogen and oxygen atoms in total. The first kappa shape index (κ1) is 13.5. The van der Waals surface area contributed by atoms with Crippen LogP contribution in [-0.4, -0.2) is 22.1 Å². The largest absolute Gasteiger partial charge is 0.508 e. The summed E-state index contributed by atoms with van der Waals surface area (Å²) in [7, 11) is 0. The summed E-state index contributed by atoms with van der Waals surface area (Å²) in [5.41, 5.74) is 0.767. The summed E-state index contributed by atoms with van der Waals surface area (Å²) in [6.07, 6.45) is 4.19. The van der Waals surface area contributed by atoms with Gasteiger partial charge in [-0.3, -0.25) is 4.79 Å². The number of carbonyl (C=O) groups is 1. The van der Waals surface area contributed by atoms with Gasteiger partial charge in [0.25, 0.3) is 0 Å². The lowest BCUT2D eigenvalue weighted by Gasteiger charge is -2.05. The second kappa shape index (κ2) is 6.86. The quantitative estimate of drug-likeness (QED) is 0.744. The number of aliphatic hydroxyl groups is 1. The Bertz CT molecular complexity index is 396. The molecule has 0 fully saturated rings. The highest BCUT2D eigenvalue weighted by atomic mass is 16.3. The van der Waals surface area contributed by atoms with Crippen LogP contribution in [0.2, 0.25) is 0 Å². The fraction of sp³-hybridized carbons (Fsp3) is 0.357. The van der Waals surface area contributed by atoms with Gasteiger partial charge in [0.1, 0.15) is 5.75 Å². The van der Waals surface area contributed by atoms with Crippen molar-refractivity contribution in [2.75, 3.05) is 0 Å². The predicted molar refractivity (Wildman–Crippen MR) is 67.7 cm³/mol. The highest BCUT2D eigenvalue weighted by Crippen LogP contribution is 2.12. The summed E-state index contributed by atoms with van der Waals surface area (Å²) in [5.74, 6) is 0.0694. The number of benzene rings is 1. The maximum atomic E-state index is 11.5. The number of phenols is 1. The van der Waals surface area contributed by atoms with Crippen LogP contribution in [0, 0.1) is 0 Å². The standard InChI is InChI=1S/C14H18O3/c1-2-4-12(15)10-14(17)8-7-11-5-3-6-13(16)9-11/h3,5-9,12,15-16H,2,4,10H2,1H3/b8-7+. The fourth-order valence-electron chi connectivity index (χ4n) is 1.55. The van der Waals surface area contributed by atoms with Gasteiger partial charge in [0, 0.05) is 6.42 Å². The number of allylic oxidation sites excluding steroid dienone is 1. The Morgan fingerprint density at radius 3 is 2.88 bits per heavy atom. The van der Waals surface area contributed by atoms with Gasteiger partial charge in [-0.2, -0.15) is 0 Å². The molecule has 0 saturated heterocycles. The summed E-state index contributed by atoms with van der Waals surface area (Å²) in [6, 6.07) is 6.66. The molecule has 3 heteroatoms. The molecule has 1 aromatic carbocycles. The maximum Gasteiger partial charge on any atom is 0.158 e. The summed E-state index contributed by atoms with van der Waals surface area (Å²) >= 11 is 0. The van der Waals surface area contributed by atoms with Gasteiger partial charge in [0.15, 0.2) is 5.78 Å². The van der Waals surface area contributed by atoms with Crippen molar-refractivity contribution in [3.63, 3.8) is 0 Å². The summed E-state index contributed by atoms with van der Waals surface area (Å²) < 4.78 is 0. The summed E-state index contributed by atoms with van der Waals surface area (Å²) in [6.45, 7) is 1.97. The van der Waals surface area contributed by atoms with Crippen molar-refractivity contribution >= 4 is 11.9 Å². The van der Waals surface area contributed by atoms with Gasteiger partial charge >= 0.3 is 0 Å². The van der Waals surface area contributed by atoms with Crippen molar-refractivity contribution in [2.45, 2.75) is 32.3 Å². The van der Waals surface area contributed by atoms with E-state index in [2.05, 4.69) is 0 Å². The zero-order valence-electron chi connectivity index (χ0n) is 9.97. The molecule has 92 valence electrons. The highest BCUT2D eigenvalue weighted by molar-refractivity contribution is 5.93. The SMILES string of the molecule is CCCC(O)CC(=O)/C=C/c1cccc(O)c1. The number of rotatable bonds is 6. The van der Waals surface area contributed by atoms with E-state index in [-0.39, 0.29) is 18.0 Å². The molecule has 0 aliphatic rings. The molecule has 0 heterocycles. The number of ketones is 1. The molecule has 0 saturated carbocycles. The molecular weight excluding hydrogens is 216 g/mol. The minimum atomic E-state index is -0.554. The average molecular weight is 234 g/mol. The lowest BCUT2D eigenvalue weighted by Crippen LogP contribution is -2.11. The Balaban J connectivity index is 2.51. The predicted octanol–water partition coefficient (Wildman–Crippen LogP) is 2.53. The number of carbonyl (C=O) groups excluding carboxylic acids is 1. The van der Waals surface area contributed by atoms with Crippen LogP contribution in [0.3, 0.4) is 0 Å². The third-order valence-electron chi connectivity index (χ3n) is 2.39. The second-order valence-electron chi connectivity index (χ2n) is 4.04. The van der Waals surface area contributed by atoms with E-state index in [0.29, 0.717) is 6.42 Å². The van der Waals surface area contributed by atoms with Gasteiger partial charge in [-0.25, -0.2) is 0 Å². The van der Waals surface area contributed by atoms with E-state index in [1.807, 2.05) is 6.92 Å². The van der Waals surface area contributed by atoms with Crippen LogP contribution in [0.4, 0.5) is 0 Å². The van der Waals surface area contributed by atoms with Crippen molar-refractivity contribution in [1.82, 2.24) is 0 Å². The molecule has 0 aliphatic heterocycles. The summed E-state index contributed by atoms with van der Waals surface area (Å²) in [5, 5.41) is 18.7. The van der Waals surface area contributed by atoms with E-state index in [9.17, 15) is 15.0 Å². The van der Waals surface area contributed by atoms with E-state index in [1.165, 1.54) is 6.08 Å². The second-order valence-corrected chi connectivity index (χ2v) is 4.04. The van der Waals surface area contributed by atoms with Gasteiger partial charge in [0.05, 0.1) is 6.10 Å². The molecule has 0 radical (unpaired) electrons. The van der Waals surface area contributed by atoms with Crippen molar-refractivity contribution in [2.24, 2.45) is 0 Å². The van der Waals surface area contributed by atoms with Crippen molar-refractivity contribution in [3.05, 3.63) is 35.9 Å². The third-order valence-corrected chi connectivity index (χ3v) is 2.39. The number of hydrogen-bond acceptors (Lipinski definition) is 3. The first-order valence-corrected chi connectivity index (χ1v) is 5.80. The molecule has 1 atom stereocenters. The molecule has 0 aliphatic carbocycles. The lowest BCUT2D eigenvalue weighted by molar-refractivity contribution is -0.116. The third kappa shape index (κ3) is 5.31. The van der Waals surface area contributed by atoms with Gasteiger partial charge in [-0.05, 0) is 30.2 Å². The fourth-order valence-corrected chi connectivity index (χ4v) is 1.55. The Kier molecular flexibility index (Phi) is 5.43. The Labute approximate surface area is 101 Å². The number of hydrogen-bond donors (Lipinski definition) is 2. The van der Waals surface area contributed by atoms with E-state index < -0.39 is 6.10 Å². The zero-order valence-corrected chi connectivity index (χ0v) is 9.97. The molecule has 0 bridgehead atoms. The van der Waals surface area contributed by atoms with Crippen LogP contribution in [0.1, 0.15) is 31.7 Å². The van der Waals surface area contributed by atoms with Crippen LogP contribution in [-0.2, 0) is 4.79 Å². The highest BCUT2D eigenvalue weighted by Gasteiger charge is 2.06. The maximum absolute atomic E-state index is 11.5. The molecule has 1 rings (SSSR count). The number of aromatic hydroxyl groups is 1. The molecular formula is C14H18O3. The first-order valence-electron chi connectivity index (χ1n) is 5.80. The molecule has 17 heavy (non-hydrogen) atoms. The molecule has 0 spiro atoms. The minimum absolute atomic E-state index is 0.103. The topological polar surface area (TPSA) is 57.5 Å². The molecule has 0 aromatic heterocycles. The van der Waals surface area contributed by atoms with Crippen LogP contribution < -0.4 is 0 Å². The minimum Gasteiger partial charge on any atom is -0.508 e. The van der Waals surface area contributed by atoms with Crippen LogP contribution in [0.25, 0.3) is 6.08 Å². The van der Waals surface area contributed by atoms with Crippen LogP contribution in [0.15, 0.2) is 30.3 Å². The van der Waals surface area contributed by atoms with Gasteiger partial charge < -0.3 is 10.2 Å².